The normalized spacial score (nSPS) is 10.0. The van der Waals surface area contributed by atoms with Crippen LogP contribution in [0.2, 0.25) is 0 Å². The van der Waals surface area contributed by atoms with Crippen molar-refractivity contribution >= 4 is 29.0 Å². The molecular weight excluding hydrogens is 292 g/mol. The molecule has 0 aliphatic heterocycles. The summed E-state index contributed by atoms with van der Waals surface area (Å²) in [7, 11) is 0. The molecule has 2 rings (SSSR count). The van der Waals surface area contributed by atoms with E-state index in [9.17, 15) is 14.5 Å². The van der Waals surface area contributed by atoms with Crippen LogP contribution in [0.4, 0.5) is 17.1 Å². The van der Waals surface area contributed by atoms with Gasteiger partial charge in [0.25, 0.3) is 4.92 Å². The molecule has 2 aromatic carbocycles. The third kappa shape index (κ3) is 3.01. The number of nitrogens with one attached hydrogen (secondary N) is 1. The molecule has 0 unspecified atom stereocenters. The van der Waals surface area contributed by atoms with E-state index < -0.39 is 33.7 Å². The number of anilines is 2. The molecule has 0 fully saturated rings. The molecule has 0 spiro atoms. The second kappa shape index (κ2) is 5.92. The standard InChI is InChI=1S/C14H10N2O6/c17-13(18)9-6-11(15-8-4-2-1-3-5-8)12(16(21)22)7-10(9)14(19)20/h1-7,15H,(H2-,17,18,19,20,21,22)/p+1. The minimum atomic E-state index is -1.52. The van der Waals surface area contributed by atoms with Crippen LogP contribution in [0.3, 0.4) is 0 Å². The van der Waals surface area contributed by atoms with E-state index in [0.717, 1.165) is 12.1 Å². The van der Waals surface area contributed by atoms with Gasteiger partial charge in [0.05, 0.1) is 16.0 Å². The Labute approximate surface area is 123 Å². The molecule has 0 aromatic heterocycles. The Bertz CT molecular complexity index is 757. The fourth-order valence-corrected chi connectivity index (χ4v) is 1.88. The van der Waals surface area contributed by atoms with E-state index >= 15 is 0 Å². The molecule has 0 atom stereocenters. The Morgan fingerprint density at radius 3 is 2.00 bits per heavy atom. The smallest absolute Gasteiger partial charge is 0.340 e. The summed E-state index contributed by atoms with van der Waals surface area (Å²) in [5, 5.41) is 30.0. The molecule has 0 heterocycles. The highest BCUT2D eigenvalue weighted by Crippen LogP contribution is 2.31. The molecule has 4 N–H and O–H groups in total. The van der Waals surface area contributed by atoms with Crippen LogP contribution in [0.1, 0.15) is 20.7 Å². The summed E-state index contributed by atoms with van der Waals surface area (Å²) < 4.78 is 0. The molecule has 0 radical (unpaired) electrons. The van der Waals surface area contributed by atoms with E-state index in [0.29, 0.717) is 5.69 Å². The number of para-hydroxylation sites is 1. The first-order chi connectivity index (χ1) is 10.4. The number of rotatable bonds is 5. The number of hydrogen-bond donors (Lipinski definition) is 4. The lowest BCUT2D eigenvalue weighted by molar-refractivity contribution is -0.729. The highest BCUT2D eigenvalue weighted by Gasteiger charge is 2.27. The average Bonchev–Trinajstić information content (AvgIpc) is 2.47. The van der Waals surface area contributed by atoms with Crippen LogP contribution in [0, 0.1) is 4.91 Å². The van der Waals surface area contributed by atoms with Gasteiger partial charge in [-0.3, -0.25) is 0 Å². The fraction of sp³-hybridized carbons (Fsp3) is 0. The quantitative estimate of drug-likeness (QED) is 0.625. The van der Waals surface area contributed by atoms with E-state index in [1.54, 1.807) is 30.3 Å². The summed E-state index contributed by atoms with van der Waals surface area (Å²) in [6.45, 7) is 0. The van der Waals surface area contributed by atoms with Gasteiger partial charge in [0.1, 0.15) is 5.69 Å². The lowest BCUT2D eigenvalue weighted by atomic mass is 10.0. The molecule has 0 saturated heterocycles. The molecular formula is C14H11N2O6+. The zero-order valence-corrected chi connectivity index (χ0v) is 11.1. The van der Waals surface area contributed by atoms with Crippen LogP contribution in [-0.4, -0.2) is 32.3 Å². The molecule has 0 bridgehead atoms. The van der Waals surface area contributed by atoms with Crippen molar-refractivity contribution in [1.29, 1.82) is 0 Å². The lowest BCUT2D eigenvalue weighted by Gasteiger charge is -2.08. The summed E-state index contributed by atoms with van der Waals surface area (Å²) in [5.74, 6) is -2.98. The van der Waals surface area contributed by atoms with Gasteiger partial charge in [0.15, 0.2) is 0 Å². The molecule has 8 heteroatoms. The fourth-order valence-electron chi connectivity index (χ4n) is 1.88. The molecule has 2 aromatic rings. The van der Waals surface area contributed by atoms with Crippen molar-refractivity contribution in [2.24, 2.45) is 0 Å². The van der Waals surface area contributed by atoms with Crippen LogP contribution >= 0.6 is 0 Å². The predicted molar refractivity (Wildman–Crippen MR) is 75.2 cm³/mol. The molecule has 0 aliphatic carbocycles. The first-order valence-electron chi connectivity index (χ1n) is 6.03. The Morgan fingerprint density at radius 1 is 0.955 bits per heavy atom. The summed E-state index contributed by atoms with van der Waals surface area (Å²) in [6, 6.07) is 10.3. The van der Waals surface area contributed by atoms with Gasteiger partial charge >= 0.3 is 17.6 Å². The zero-order chi connectivity index (χ0) is 16.3. The third-order valence-electron chi connectivity index (χ3n) is 2.86. The van der Waals surface area contributed by atoms with Gasteiger partial charge in [0.2, 0.25) is 0 Å². The van der Waals surface area contributed by atoms with Crippen molar-refractivity contribution in [2.75, 3.05) is 5.32 Å². The van der Waals surface area contributed by atoms with Gasteiger partial charge in [-0.2, -0.15) is 0 Å². The Hall–Kier alpha value is -3.42. The molecule has 0 amide bonds. The Kier molecular flexibility index (Phi) is 4.03. The largest absolute Gasteiger partial charge is 0.478 e. The van der Waals surface area contributed by atoms with Gasteiger partial charge in [-0.15, -0.1) is 0 Å². The maximum atomic E-state index is 11.2. The van der Waals surface area contributed by atoms with Crippen LogP contribution in [0.15, 0.2) is 42.5 Å². The van der Waals surface area contributed by atoms with Gasteiger partial charge in [-0.05, 0) is 18.2 Å². The van der Waals surface area contributed by atoms with E-state index in [2.05, 4.69) is 5.32 Å². The Balaban J connectivity index is 2.61. The second-order valence-electron chi connectivity index (χ2n) is 4.29. The van der Waals surface area contributed by atoms with Crippen molar-refractivity contribution in [2.45, 2.75) is 0 Å². The van der Waals surface area contributed by atoms with Crippen LogP contribution < -0.4 is 5.32 Å². The average molecular weight is 303 g/mol. The first-order valence-corrected chi connectivity index (χ1v) is 6.03. The van der Waals surface area contributed by atoms with Crippen molar-refractivity contribution in [1.82, 2.24) is 0 Å². The van der Waals surface area contributed by atoms with Crippen LogP contribution in [0.5, 0.6) is 0 Å². The number of benzene rings is 2. The number of hydrogen-bond acceptors (Lipinski definition) is 4. The van der Waals surface area contributed by atoms with Crippen molar-refractivity contribution in [3.63, 3.8) is 0 Å². The summed E-state index contributed by atoms with van der Waals surface area (Å²) in [4.78, 5) is 32.9. The number of aromatic carboxylic acids is 2. The monoisotopic (exact) mass is 303 g/mol. The second-order valence-corrected chi connectivity index (χ2v) is 4.29. The molecule has 22 heavy (non-hydrogen) atoms. The van der Waals surface area contributed by atoms with E-state index in [1.165, 1.54) is 0 Å². The van der Waals surface area contributed by atoms with Crippen LogP contribution in [0.25, 0.3) is 0 Å². The van der Waals surface area contributed by atoms with Gasteiger partial charge in [0, 0.05) is 11.8 Å². The Morgan fingerprint density at radius 2 is 1.50 bits per heavy atom. The first kappa shape index (κ1) is 15.0. The lowest BCUT2D eigenvalue weighted by Crippen LogP contribution is -2.11. The van der Waals surface area contributed by atoms with Crippen molar-refractivity contribution in [3.8, 4) is 0 Å². The minimum Gasteiger partial charge on any atom is -0.478 e. The topological polar surface area (TPSA) is 127 Å². The van der Waals surface area contributed by atoms with Gasteiger partial charge in [-0.25, -0.2) is 14.8 Å². The molecule has 0 aliphatic rings. The minimum absolute atomic E-state index is 0.0360. The van der Waals surface area contributed by atoms with Crippen molar-refractivity contribution in [3.05, 3.63) is 58.5 Å². The number of carbonyl (C=O) groups is 2. The molecule has 8 nitrogen and oxygen atoms in total. The highest BCUT2D eigenvalue weighted by atomic mass is 16.6. The van der Waals surface area contributed by atoms with Crippen LogP contribution in [-0.2, 0) is 0 Å². The van der Waals surface area contributed by atoms with E-state index in [-0.39, 0.29) is 5.69 Å². The number of carboxylic acids is 2. The molecule has 112 valence electrons. The number of carboxylic acid groups (broad SMARTS) is 2. The SMILES string of the molecule is O=C(O)c1cc(Nc2ccccc2)c([N+](=O)O)cc1C(=O)O. The van der Waals surface area contributed by atoms with E-state index in [1.807, 2.05) is 0 Å². The molecule has 0 saturated carbocycles. The van der Waals surface area contributed by atoms with E-state index in [4.69, 9.17) is 15.4 Å². The summed E-state index contributed by atoms with van der Waals surface area (Å²) >= 11 is 0. The summed E-state index contributed by atoms with van der Waals surface area (Å²) in [5.41, 5.74) is -1.02. The predicted octanol–water partition coefficient (Wildman–Crippen LogP) is 2.63. The third-order valence-corrected chi connectivity index (χ3v) is 2.86. The maximum absolute atomic E-state index is 11.2. The maximum Gasteiger partial charge on any atom is 0.340 e. The highest BCUT2D eigenvalue weighted by molar-refractivity contribution is 6.03. The van der Waals surface area contributed by atoms with Gasteiger partial charge in [-0.1, -0.05) is 18.2 Å². The zero-order valence-electron chi connectivity index (χ0n) is 11.1. The van der Waals surface area contributed by atoms with Crippen molar-refractivity contribution < 1.29 is 29.9 Å². The van der Waals surface area contributed by atoms with Gasteiger partial charge < -0.3 is 15.5 Å². The summed E-state index contributed by atoms with van der Waals surface area (Å²) in [6.07, 6.45) is 0. The number of nitrogens with zero attached hydrogens (tertiary/aromatic N) is 1.